The molecule has 0 aliphatic heterocycles. The Morgan fingerprint density at radius 1 is 0.220 bits per heavy atom. The summed E-state index contributed by atoms with van der Waals surface area (Å²) in [6.07, 6.45) is 10.7. The summed E-state index contributed by atoms with van der Waals surface area (Å²) in [6.45, 7) is 37.7. The van der Waals surface area contributed by atoms with E-state index >= 15 is 0 Å². The Labute approximate surface area is 661 Å². The smallest absolute Gasteiger partial charge is 1.00 e. The van der Waals surface area contributed by atoms with Crippen LogP contribution in [0.5, 0.6) is 0 Å². The molecule has 8 heteroatoms. The van der Waals surface area contributed by atoms with E-state index in [1.54, 1.807) is 21.2 Å². The molecular formula is C92H112Cl2P4Zr2-2. The number of benzene rings is 8. The van der Waals surface area contributed by atoms with Gasteiger partial charge in [0.2, 0.25) is 0 Å². The van der Waals surface area contributed by atoms with Gasteiger partial charge in [-0.15, -0.1) is 137 Å². The van der Waals surface area contributed by atoms with Gasteiger partial charge < -0.3 is 24.8 Å². The molecule has 0 heterocycles. The minimum absolute atomic E-state index is 0. The van der Waals surface area contributed by atoms with Crippen LogP contribution >= 0.6 is 31.7 Å². The molecule has 0 aliphatic carbocycles. The van der Waals surface area contributed by atoms with Crippen LogP contribution in [0.15, 0.2) is 243 Å². The molecule has 0 aromatic heterocycles. The van der Waals surface area contributed by atoms with E-state index in [1.807, 2.05) is 0 Å². The zero-order valence-electron chi connectivity index (χ0n) is 62.9. The fourth-order valence-corrected chi connectivity index (χ4v) is 25.6. The van der Waals surface area contributed by atoms with E-state index in [4.69, 9.17) is 0 Å². The van der Waals surface area contributed by atoms with Gasteiger partial charge in [-0.1, -0.05) is 310 Å². The van der Waals surface area contributed by atoms with Gasteiger partial charge >= 0.3 is 52.4 Å². The topological polar surface area (TPSA) is 0 Å². The first-order valence-electron chi connectivity index (χ1n) is 36.2. The summed E-state index contributed by atoms with van der Waals surface area (Å²) in [5.74, 6) is 6.12. The van der Waals surface area contributed by atoms with E-state index in [2.05, 4.69) is 353 Å². The van der Waals surface area contributed by atoms with Crippen LogP contribution in [0.4, 0.5) is 0 Å². The van der Waals surface area contributed by atoms with Crippen LogP contribution in [0.1, 0.15) is 111 Å². The van der Waals surface area contributed by atoms with Gasteiger partial charge in [0, 0.05) is 0 Å². The molecular weight excluding hydrogens is 1480 g/mol. The fraction of sp³-hybridized carbons (Fsp3) is 0.348. The Morgan fingerprint density at radius 3 is 0.530 bits per heavy atom. The van der Waals surface area contributed by atoms with Crippen LogP contribution in [0.3, 0.4) is 0 Å². The molecule has 0 atom stereocenters. The third-order valence-electron chi connectivity index (χ3n) is 17.4. The molecule has 0 radical (unpaired) electrons. The van der Waals surface area contributed by atoms with Crippen molar-refractivity contribution < 1.29 is 77.2 Å². The van der Waals surface area contributed by atoms with E-state index in [0.717, 1.165) is 47.3 Å². The van der Waals surface area contributed by atoms with Crippen LogP contribution in [-0.4, -0.2) is 49.3 Å². The van der Waals surface area contributed by atoms with Crippen molar-refractivity contribution >= 4 is 96.0 Å². The molecule has 12 aromatic rings. The molecule has 12 aromatic carbocycles. The Morgan fingerprint density at radius 2 is 0.380 bits per heavy atom. The van der Waals surface area contributed by atoms with E-state index in [9.17, 15) is 0 Å². The molecule has 0 saturated heterocycles. The number of rotatable bonds is 24. The summed E-state index contributed by atoms with van der Waals surface area (Å²) in [7, 11) is -0.251. The molecule has 0 fully saturated rings. The zero-order chi connectivity index (χ0) is 68.4. The van der Waals surface area contributed by atoms with Gasteiger partial charge in [-0.25, -0.2) is 0 Å². The van der Waals surface area contributed by atoms with Crippen molar-refractivity contribution in [3.8, 4) is 44.5 Å². The molecule has 524 valence electrons. The van der Waals surface area contributed by atoms with Gasteiger partial charge in [0.25, 0.3) is 0 Å². The summed E-state index contributed by atoms with van der Waals surface area (Å²) < 4.78 is 0. The average molecular weight is 1600 g/mol. The summed E-state index contributed by atoms with van der Waals surface area (Å²) in [5.41, 5.74) is 10.7. The Balaban J connectivity index is 0.000000237. The van der Waals surface area contributed by atoms with E-state index in [1.165, 1.54) is 137 Å². The zero-order valence-corrected chi connectivity index (χ0v) is 72.9. The monoisotopic (exact) mass is 1590 g/mol. The third-order valence-corrected chi connectivity index (χ3v) is 30.7. The average Bonchev–Trinajstić information content (AvgIpc) is 1.64. The minimum atomic E-state index is -0.0628. The molecule has 0 aliphatic rings. The maximum atomic E-state index is 2.48. The summed E-state index contributed by atoms with van der Waals surface area (Å²) >= 11 is 0. The second-order valence-electron chi connectivity index (χ2n) is 30.3. The van der Waals surface area contributed by atoms with Crippen molar-refractivity contribution in [2.24, 2.45) is 47.3 Å². The van der Waals surface area contributed by atoms with Crippen molar-refractivity contribution in [2.45, 2.75) is 111 Å². The first-order chi connectivity index (χ1) is 46.2. The number of hydrogen-bond donors (Lipinski definition) is 0. The van der Waals surface area contributed by atoms with Gasteiger partial charge in [-0.05, 0) is 119 Å². The van der Waals surface area contributed by atoms with Crippen molar-refractivity contribution in [3.05, 3.63) is 243 Å². The van der Waals surface area contributed by atoms with Crippen LogP contribution in [-0.2, 0) is 52.4 Å². The quantitative estimate of drug-likeness (QED) is 0.0418. The molecule has 0 unspecified atom stereocenters. The SMILES string of the molecule is CC(C)CP(CC(C)C)c1cc2c(-c3ccccc3)cccc2[cH-]1.CC(C)CP(CC(C)C)c1cc2c(-c3ccccc3)cccc2[cH-]1.CC(C)CP(CC(C)C)c1cc2c(-c3ccccc3)cccc2[cH-]1.CC(C)CP(CC(C)C)c1cc2c(-c3ccccc3)cccc2[cH-]1.[Cl-].[Cl-].[Zr+2].[Zr+2]. The molecule has 0 amide bonds. The molecule has 100 heavy (non-hydrogen) atoms. The van der Waals surface area contributed by atoms with E-state index in [0.29, 0.717) is 0 Å². The Bertz CT molecular complexity index is 3660. The molecule has 0 saturated carbocycles. The van der Waals surface area contributed by atoms with Crippen LogP contribution < -0.4 is 46.0 Å². The first-order valence-corrected chi connectivity index (χ1v) is 43.0. The maximum Gasteiger partial charge on any atom is 2.00 e. The van der Waals surface area contributed by atoms with Crippen molar-refractivity contribution in [2.75, 3.05) is 49.3 Å². The molecule has 0 bridgehead atoms. The predicted molar refractivity (Wildman–Crippen MR) is 444 cm³/mol. The van der Waals surface area contributed by atoms with Crippen molar-refractivity contribution in [3.63, 3.8) is 0 Å². The Hall–Kier alpha value is -3.73. The number of halogens is 2. The molecule has 0 nitrogen and oxygen atoms in total. The van der Waals surface area contributed by atoms with Crippen molar-refractivity contribution in [1.29, 1.82) is 0 Å². The second-order valence-corrected chi connectivity index (χ2v) is 39.6. The number of fused-ring (bicyclic) bond motifs is 4. The third kappa shape index (κ3) is 25.2. The van der Waals surface area contributed by atoms with Crippen LogP contribution in [0.2, 0.25) is 0 Å². The standard InChI is InChI=1S/4C23H28P.2ClH.2Zr/c4*1-17(2)15-24(16-18(3)4)21-13-20-11-8-12-22(23(20)14-21)19-9-6-5-7-10-19;;;;/h4*5-14,17-18H,15-16H2,1-4H3;2*1H;;/q4*-1;;;2*+2/p-2. The fourth-order valence-electron chi connectivity index (χ4n) is 13.8. The van der Waals surface area contributed by atoms with Gasteiger partial charge in [0.05, 0.1) is 0 Å². The summed E-state index contributed by atoms with van der Waals surface area (Å²) in [6, 6.07) is 89.7. The van der Waals surface area contributed by atoms with Gasteiger partial charge in [-0.3, -0.25) is 0 Å². The first kappa shape index (κ1) is 86.9. The minimum Gasteiger partial charge on any atom is -1.00 e. The van der Waals surface area contributed by atoms with Crippen LogP contribution in [0.25, 0.3) is 87.6 Å². The largest absolute Gasteiger partial charge is 2.00 e. The van der Waals surface area contributed by atoms with Gasteiger partial charge in [0.1, 0.15) is 0 Å². The molecule has 0 spiro atoms. The summed E-state index contributed by atoms with van der Waals surface area (Å²) in [5, 5.41) is 17.6. The Kier molecular flexibility index (Phi) is 37.4. The molecule has 12 rings (SSSR count). The van der Waals surface area contributed by atoms with Crippen LogP contribution in [0, 0.1) is 47.3 Å². The van der Waals surface area contributed by atoms with Gasteiger partial charge in [-0.2, -0.15) is 24.3 Å². The second kappa shape index (κ2) is 43.0. The van der Waals surface area contributed by atoms with E-state index < -0.39 is 0 Å². The summed E-state index contributed by atoms with van der Waals surface area (Å²) in [4.78, 5) is 0. The predicted octanol–water partition coefficient (Wildman–Crippen LogP) is 20.6. The number of hydrogen-bond acceptors (Lipinski definition) is 0. The van der Waals surface area contributed by atoms with Gasteiger partial charge in [0.15, 0.2) is 0 Å². The van der Waals surface area contributed by atoms with E-state index in [-0.39, 0.29) is 109 Å². The van der Waals surface area contributed by atoms with Crippen molar-refractivity contribution in [1.82, 2.24) is 0 Å². The maximum absolute atomic E-state index is 2.48. The normalized spacial score (nSPS) is 11.5. The molecule has 0 N–H and O–H groups in total.